The zero-order valence-corrected chi connectivity index (χ0v) is 12.4. The van der Waals surface area contributed by atoms with Crippen molar-refractivity contribution >= 4 is 11.9 Å². The second kappa shape index (κ2) is 6.89. The lowest BCUT2D eigenvalue weighted by molar-refractivity contribution is -0.159. The Labute approximate surface area is 124 Å². The van der Waals surface area contributed by atoms with Crippen molar-refractivity contribution in [3.05, 3.63) is 35.4 Å². The molecule has 0 fully saturated rings. The minimum absolute atomic E-state index is 0.174. The molecule has 1 rings (SSSR count). The molecular weight excluding hydrogens is 270 g/mol. The molecule has 0 saturated carbocycles. The quantitative estimate of drug-likeness (QED) is 0.841. The fraction of sp³-hybridized carbons (Fsp3) is 0.438. The van der Waals surface area contributed by atoms with Gasteiger partial charge in [0.25, 0.3) is 0 Å². The standard InChI is InChI=1S/C16H19NO4/c1-16(2,3)21-14(18)9-13(15(19)20)8-11-4-6-12(10-17)7-5-11/h4-7,13H,8-9H2,1-3H3,(H,19,20). The highest BCUT2D eigenvalue weighted by Gasteiger charge is 2.25. The van der Waals surface area contributed by atoms with Gasteiger partial charge in [-0.2, -0.15) is 5.26 Å². The molecule has 5 nitrogen and oxygen atoms in total. The van der Waals surface area contributed by atoms with Crippen LogP contribution in [0.15, 0.2) is 24.3 Å². The molecule has 0 bridgehead atoms. The van der Waals surface area contributed by atoms with Crippen molar-refractivity contribution in [3.63, 3.8) is 0 Å². The number of carbonyl (C=O) groups excluding carboxylic acids is 1. The van der Waals surface area contributed by atoms with E-state index in [1.54, 1.807) is 45.0 Å². The van der Waals surface area contributed by atoms with E-state index in [1.807, 2.05) is 6.07 Å². The van der Waals surface area contributed by atoms with E-state index in [0.29, 0.717) is 5.56 Å². The number of benzene rings is 1. The van der Waals surface area contributed by atoms with Gasteiger partial charge < -0.3 is 9.84 Å². The number of nitrogens with zero attached hydrogens (tertiary/aromatic N) is 1. The van der Waals surface area contributed by atoms with Gasteiger partial charge in [0.05, 0.1) is 24.0 Å². The number of rotatable bonds is 5. The second-order valence-electron chi connectivity index (χ2n) is 5.84. The molecule has 0 spiro atoms. The molecule has 21 heavy (non-hydrogen) atoms. The molecule has 1 unspecified atom stereocenters. The van der Waals surface area contributed by atoms with Gasteiger partial charge in [-0.3, -0.25) is 9.59 Å². The summed E-state index contributed by atoms with van der Waals surface area (Å²) in [5.41, 5.74) is 0.650. The predicted octanol–water partition coefficient (Wildman–Crippen LogP) is 2.53. The molecule has 0 aliphatic rings. The average molecular weight is 289 g/mol. The van der Waals surface area contributed by atoms with Crippen molar-refractivity contribution in [2.24, 2.45) is 5.92 Å². The predicted molar refractivity (Wildman–Crippen MR) is 76.4 cm³/mol. The molecule has 1 aromatic carbocycles. The van der Waals surface area contributed by atoms with E-state index in [9.17, 15) is 14.7 Å². The Morgan fingerprint density at radius 3 is 2.29 bits per heavy atom. The van der Waals surface area contributed by atoms with Crippen LogP contribution in [0.5, 0.6) is 0 Å². The van der Waals surface area contributed by atoms with Crippen LogP contribution < -0.4 is 0 Å². The van der Waals surface area contributed by atoms with Crippen molar-refractivity contribution < 1.29 is 19.4 Å². The zero-order chi connectivity index (χ0) is 16.0. The minimum atomic E-state index is -1.04. The van der Waals surface area contributed by atoms with Crippen LogP contribution in [-0.4, -0.2) is 22.6 Å². The first-order valence-corrected chi connectivity index (χ1v) is 6.65. The first-order valence-electron chi connectivity index (χ1n) is 6.65. The summed E-state index contributed by atoms with van der Waals surface area (Å²) >= 11 is 0. The fourth-order valence-corrected chi connectivity index (χ4v) is 1.83. The molecule has 5 heteroatoms. The number of carboxylic acids is 1. The van der Waals surface area contributed by atoms with Crippen molar-refractivity contribution in [1.29, 1.82) is 5.26 Å². The maximum absolute atomic E-state index is 11.7. The molecule has 1 N–H and O–H groups in total. The molecule has 0 aliphatic carbocycles. The van der Waals surface area contributed by atoms with E-state index < -0.39 is 23.5 Å². The molecule has 0 heterocycles. The van der Waals surface area contributed by atoms with Gasteiger partial charge in [-0.05, 0) is 44.9 Å². The topological polar surface area (TPSA) is 87.4 Å². The summed E-state index contributed by atoms with van der Waals surface area (Å²) in [6, 6.07) is 8.65. The number of carbonyl (C=O) groups is 2. The lowest BCUT2D eigenvalue weighted by Crippen LogP contribution is -2.28. The van der Waals surface area contributed by atoms with Gasteiger partial charge in [0.15, 0.2) is 0 Å². The van der Waals surface area contributed by atoms with Crippen molar-refractivity contribution in [1.82, 2.24) is 0 Å². The normalized spacial score (nSPS) is 12.3. The van der Waals surface area contributed by atoms with Crippen LogP contribution in [0.4, 0.5) is 0 Å². The Balaban J connectivity index is 2.72. The Kier molecular flexibility index (Phi) is 5.48. The summed E-state index contributed by atoms with van der Waals surface area (Å²) in [5, 5.41) is 17.9. The highest BCUT2D eigenvalue weighted by Crippen LogP contribution is 2.17. The van der Waals surface area contributed by atoms with E-state index in [2.05, 4.69) is 0 Å². The maximum atomic E-state index is 11.7. The summed E-state index contributed by atoms with van der Waals surface area (Å²) in [6.45, 7) is 5.21. The van der Waals surface area contributed by atoms with E-state index in [-0.39, 0.29) is 12.8 Å². The number of carboxylic acid groups (broad SMARTS) is 1. The minimum Gasteiger partial charge on any atom is -0.481 e. The van der Waals surface area contributed by atoms with Crippen LogP contribution in [0.25, 0.3) is 0 Å². The molecular formula is C16H19NO4. The van der Waals surface area contributed by atoms with Crippen LogP contribution in [0.2, 0.25) is 0 Å². The van der Waals surface area contributed by atoms with Gasteiger partial charge >= 0.3 is 11.9 Å². The number of aliphatic carboxylic acids is 1. The zero-order valence-electron chi connectivity index (χ0n) is 12.4. The summed E-state index contributed by atoms with van der Waals surface area (Å²) < 4.78 is 5.15. The number of hydrogen-bond donors (Lipinski definition) is 1. The third-order valence-electron chi connectivity index (χ3n) is 2.75. The van der Waals surface area contributed by atoms with Crippen molar-refractivity contribution in [2.45, 2.75) is 39.2 Å². The van der Waals surface area contributed by atoms with Gasteiger partial charge in [-0.15, -0.1) is 0 Å². The SMILES string of the molecule is CC(C)(C)OC(=O)CC(Cc1ccc(C#N)cc1)C(=O)O. The number of hydrogen-bond acceptors (Lipinski definition) is 4. The second-order valence-corrected chi connectivity index (χ2v) is 5.84. The van der Waals surface area contributed by atoms with E-state index >= 15 is 0 Å². The number of esters is 1. The molecule has 0 aliphatic heterocycles. The van der Waals surface area contributed by atoms with Crippen molar-refractivity contribution in [2.75, 3.05) is 0 Å². The van der Waals surface area contributed by atoms with Gasteiger partial charge in [0.2, 0.25) is 0 Å². The van der Waals surface area contributed by atoms with Gasteiger partial charge in [-0.25, -0.2) is 0 Å². The molecule has 0 saturated heterocycles. The fourth-order valence-electron chi connectivity index (χ4n) is 1.83. The Hall–Kier alpha value is -2.35. The maximum Gasteiger partial charge on any atom is 0.307 e. The van der Waals surface area contributed by atoms with Crippen molar-refractivity contribution in [3.8, 4) is 6.07 Å². The number of nitriles is 1. The summed E-state index contributed by atoms with van der Waals surface area (Å²) in [6.07, 6.45) is 0.0485. The molecule has 1 atom stereocenters. The number of ether oxygens (including phenoxy) is 1. The Bertz CT molecular complexity index is 549. The summed E-state index contributed by atoms with van der Waals surface area (Å²) in [7, 11) is 0. The molecule has 0 radical (unpaired) electrons. The highest BCUT2D eigenvalue weighted by atomic mass is 16.6. The lowest BCUT2D eigenvalue weighted by Gasteiger charge is -2.21. The third kappa shape index (κ3) is 6.09. The Morgan fingerprint density at radius 2 is 1.86 bits per heavy atom. The van der Waals surface area contributed by atoms with E-state index in [1.165, 1.54) is 0 Å². The molecule has 112 valence electrons. The highest BCUT2D eigenvalue weighted by molar-refractivity contribution is 5.79. The lowest BCUT2D eigenvalue weighted by atomic mass is 9.95. The van der Waals surface area contributed by atoms with E-state index in [0.717, 1.165) is 5.56 Å². The van der Waals surface area contributed by atoms with Crippen LogP contribution in [0.1, 0.15) is 38.3 Å². The monoisotopic (exact) mass is 289 g/mol. The largest absolute Gasteiger partial charge is 0.481 e. The van der Waals surface area contributed by atoms with Crippen LogP contribution >= 0.6 is 0 Å². The average Bonchev–Trinajstić information content (AvgIpc) is 2.36. The van der Waals surface area contributed by atoms with Gasteiger partial charge in [-0.1, -0.05) is 12.1 Å². The summed E-state index contributed by atoms with van der Waals surface area (Å²) in [4.78, 5) is 23.0. The molecule has 1 aromatic rings. The first kappa shape index (κ1) is 16.7. The van der Waals surface area contributed by atoms with Crippen LogP contribution in [0, 0.1) is 17.2 Å². The summed E-state index contributed by atoms with van der Waals surface area (Å²) in [5.74, 6) is -2.40. The van der Waals surface area contributed by atoms with Crippen LogP contribution in [-0.2, 0) is 20.7 Å². The van der Waals surface area contributed by atoms with E-state index in [4.69, 9.17) is 10.00 Å². The third-order valence-corrected chi connectivity index (χ3v) is 2.75. The van der Waals surface area contributed by atoms with Gasteiger partial charge in [0.1, 0.15) is 5.60 Å². The van der Waals surface area contributed by atoms with Gasteiger partial charge in [0, 0.05) is 0 Å². The first-order chi connectivity index (χ1) is 9.71. The van der Waals surface area contributed by atoms with Crippen LogP contribution in [0.3, 0.4) is 0 Å². The molecule has 0 amide bonds. The smallest absolute Gasteiger partial charge is 0.307 e. The Morgan fingerprint density at radius 1 is 1.29 bits per heavy atom. The molecule has 0 aromatic heterocycles.